The van der Waals surface area contributed by atoms with Gasteiger partial charge in [-0.1, -0.05) is 19.1 Å². The lowest BCUT2D eigenvalue weighted by Gasteiger charge is -2.15. The molecule has 4 nitrogen and oxygen atoms in total. The number of carbonyl (C=O) groups is 1. The van der Waals surface area contributed by atoms with Crippen molar-refractivity contribution in [2.45, 2.75) is 46.3 Å². The van der Waals surface area contributed by atoms with Crippen LogP contribution >= 0.6 is 0 Å². The van der Waals surface area contributed by atoms with Gasteiger partial charge in [0.1, 0.15) is 11.5 Å². The molecule has 0 radical (unpaired) electrons. The zero-order chi connectivity index (χ0) is 17.5. The number of rotatable bonds is 7. The lowest BCUT2D eigenvalue weighted by molar-refractivity contribution is 0.102. The van der Waals surface area contributed by atoms with Crippen molar-refractivity contribution in [2.75, 3.05) is 5.32 Å². The molecule has 1 N–H and O–H groups in total. The van der Waals surface area contributed by atoms with E-state index in [0.29, 0.717) is 11.3 Å². The molecule has 2 aromatic carbocycles. The normalized spacial score (nSPS) is 11.9. The minimum absolute atomic E-state index is 0.0101. The molecule has 128 valence electrons. The Morgan fingerprint density at radius 2 is 1.67 bits per heavy atom. The fourth-order valence-corrected chi connectivity index (χ4v) is 2.14. The lowest BCUT2D eigenvalue weighted by atomic mass is 10.1. The van der Waals surface area contributed by atoms with Gasteiger partial charge in [-0.05, 0) is 63.6 Å². The zero-order valence-corrected chi connectivity index (χ0v) is 14.7. The van der Waals surface area contributed by atoms with Crippen molar-refractivity contribution in [3.05, 3.63) is 54.1 Å². The van der Waals surface area contributed by atoms with Gasteiger partial charge in [-0.25, -0.2) is 0 Å². The summed E-state index contributed by atoms with van der Waals surface area (Å²) >= 11 is 0. The van der Waals surface area contributed by atoms with E-state index in [2.05, 4.69) is 12.2 Å². The molecule has 4 heteroatoms. The van der Waals surface area contributed by atoms with Crippen LogP contribution in [-0.2, 0) is 0 Å². The third kappa shape index (κ3) is 5.01. The number of carbonyl (C=O) groups excluding carboxylic acids is 1. The van der Waals surface area contributed by atoms with Crippen molar-refractivity contribution < 1.29 is 14.3 Å². The second-order valence-electron chi connectivity index (χ2n) is 5.98. The smallest absolute Gasteiger partial charge is 0.259 e. The van der Waals surface area contributed by atoms with Crippen molar-refractivity contribution in [2.24, 2.45) is 0 Å². The Balaban J connectivity index is 2.07. The highest BCUT2D eigenvalue weighted by molar-refractivity contribution is 6.06. The van der Waals surface area contributed by atoms with Crippen molar-refractivity contribution in [1.82, 2.24) is 0 Å². The van der Waals surface area contributed by atoms with Crippen LogP contribution in [0.3, 0.4) is 0 Å². The van der Waals surface area contributed by atoms with Crippen molar-refractivity contribution in [1.29, 1.82) is 0 Å². The molecule has 0 aliphatic rings. The van der Waals surface area contributed by atoms with Crippen LogP contribution in [0.15, 0.2) is 48.5 Å². The summed E-state index contributed by atoms with van der Waals surface area (Å²) < 4.78 is 11.4. The van der Waals surface area contributed by atoms with Crippen LogP contribution in [-0.4, -0.2) is 18.1 Å². The van der Waals surface area contributed by atoms with E-state index in [1.165, 1.54) is 0 Å². The van der Waals surface area contributed by atoms with E-state index in [9.17, 15) is 4.79 Å². The van der Waals surface area contributed by atoms with Gasteiger partial charge in [0, 0.05) is 5.69 Å². The highest BCUT2D eigenvalue weighted by atomic mass is 16.5. The molecular weight excluding hydrogens is 302 g/mol. The fourth-order valence-electron chi connectivity index (χ4n) is 2.14. The average molecular weight is 327 g/mol. The summed E-state index contributed by atoms with van der Waals surface area (Å²) in [6, 6.07) is 14.6. The molecule has 0 aliphatic carbocycles. The average Bonchev–Trinajstić information content (AvgIpc) is 2.56. The van der Waals surface area contributed by atoms with Gasteiger partial charge in [-0.2, -0.15) is 0 Å². The maximum atomic E-state index is 12.5. The quantitative estimate of drug-likeness (QED) is 0.786. The van der Waals surface area contributed by atoms with Crippen molar-refractivity contribution >= 4 is 11.6 Å². The topological polar surface area (TPSA) is 47.6 Å². The first-order chi connectivity index (χ1) is 11.5. The van der Waals surface area contributed by atoms with Gasteiger partial charge in [0.25, 0.3) is 5.91 Å². The Kier molecular flexibility index (Phi) is 6.24. The van der Waals surface area contributed by atoms with Crippen LogP contribution in [0.4, 0.5) is 5.69 Å². The van der Waals surface area contributed by atoms with Crippen molar-refractivity contribution in [3.8, 4) is 11.5 Å². The predicted molar refractivity (Wildman–Crippen MR) is 97.0 cm³/mol. The Bertz CT molecular complexity index is 665. The standard InChI is InChI=1S/C20H25NO3/c1-5-15(4)24-17-12-10-16(11-13-17)21-20(22)18-8-6-7-9-19(18)23-14(2)3/h6-15H,5H2,1-4H3,(H,21,22). The summed E-state index contributed by atoms with van der Waals surface area (Å²) in [4.78, 5) is 12.5. The van der Waals surface area contributed by atoms with Gasteiger partial charge in [0.05, 0.1) is 17.8 Å². The number of benzene rings is 2. The molecule has 0 fully saturated rings. The molecule has 2 aromatic rings. The minimum Gasteiger partial charge on any atom is -0.491 e. The number of anilines is 1. The maximum absolute atomic E-state index is 12.5. The Morgan fingerprint density at radius 3 is 2.29 bits per heavy atom. The van der Waals surface area contributed by atoms with Crippen LogP contribution in [0.25, 0.3) is 0 Å². The molecule has 0 saturated heterocycles. The summed E-state index contributed by atoms with van der Waals surface area (Å²) in [7, 11) is 0. The van der Waals surface area contributed by atoms with Gasteiger partial charge in [-0.3, -0.25) is 4.79 Å². The zero-order valence-electron chi connectivity index (χ0n) is 14.7. The van der Waals surface area contributed by atoms with E-state index in [1.54, 1.807) is 12.1 Å². The first-order valence-corrected chi connectivity index (χ1v) is 8.33. The van der Waals surface area contributed by atoms with E-state index in [4.69, 9.17) is 9.47 Å². The molecule has 1 unspecified atom stereocenters. The lowest BCUT2D eigenvalue weighted by Crippen LogP contribution is -2.15. The molecule has 0 spiro atoms. The molecule has 0 aromatic heterocycles. The molecule has 1 amide bonds. The van der Waals surface area contributed by atoms with Gasteiger partial charge >= 0.3 is 0 Å². The van der Waals surface area contributed by atoms with Gasteiger partial charge in [0.15, 0.2) is 0 Å². The molecule has 0 heterocycles. The summed E-state index contributed by atoms with van der Waals surface area (Å²) in [5.41, 5.74) is 1.24. The molecule has 2 rings (SSSR count). The monoisotopic (exact) mass is 327 g/mol. The van der Waals surface area contributed by atoms with Crippen LogP contribution in [0.5, 0.6) is 11.5 Å². The van der Waals surface area contributed by atoms with E-state index < -0.39 is 0 Å². The largest absolute Gasteiger partial charge is 0.491 e. The van der Waals surface area contributed by atoms with Crippen LogP contribution < -0.4 is 14.8 Å². The number of nitrogens with one attached hydrogen (secondary N) is 1. The first kappa shape index (κ1) is 17.9. The van der Waals surface area contributed by atoms with E-state index in [1.807, 2.05) is 57.2 Å². The number of amides is 1. The van der Waals surface area contributed by atoms with E-state index in [0.717, 1.165) is 17.9 Å². The Labute approximate surface area is 143 Å². The van der Waals surface area contributed by atoms with E-state index in [-0.39, 0.29) is 18.1 Å². The maximum Gasteiger partial charge on any atom is 0.259 e. The number of hydrogen-bond donors (Lipinski definition) is 1. The summed E-state index contributed by atoms with van der Waals surface area (Å²) in [5.74, 6) is 1.19. The molecular formula is C20H25NO3. The molecule has 24 heavy (non-hydrogen) atoms. The highest BCUT2D eigenvalue weighted by Gasteiger charge is 2.13. The number of ether oxygens (including phenoxy) is 2. The van der Waals surface area contributed by atoms with Gasteiger partial charge < -0.3 is 14.8 Å². The van der Waals surface area contributed by atoms with Crippen LogP contribution in [0.2, 0.25) is 0 Å². The van der Waals surface area contributed by atoms with Gasteiger partial charge in [-0.15, -0.1) is 0 Å². The van der Waals surface area contributed by atoms with Gasteiger partial charge in [0.2, 0.25) is 0 Å². The first-order valence-electron chi connectivity index (χ1n) is 8.33. The second-order valence-corrected chi connectivity index (χ2v) is 5.98. The van der Waals surface area contributed by atoms with Crippen molar-refractivity contribution in [3.63, 3.8) is 0 Å². The molecule has 0 aliphatic heterocycles. The molecule has 0 saturated carbocycles. The molecule has 1 atom stereocenters. The highest BCUT2D eigenvalue weighted by Crippen LogP contribution is 2.22. The van der Waals surface area contributed by atoms with Crippen LogP contribution in [0.1, 0.15) is 44.5 Å². The third-order valence-corrected chi connectivity index (χ3v) is 3.52. The minimum atomic E-state index is -0.193. The Morgan fingerprint density at radius 1 is 1.00 bits per heavy atom. The molecule has 0 bridgehead atoms. The summed E-state index contributed by atoms with van der Waals surface area (Å²) in [6.45, 7) is 7.98. The summed E-state index contributed by atoms with van der Waals surface area (Å²) in [6.07, 6.45) is 1.13. The summed E-state index contributed by atoms with van der Waals surface area (Å²) in [5, 5.41) is 2.89. The second kappa shape index (κ2) is 8.39. The Hall–Kier alpha value is -2.49. The van der Waals surface area contributed by atoms with Crippen LogP contribution in [0, 0.1) is 0 Å². The SMILES string of the molecule is CCC(C)Oc1ccc(NC(=O)c2ccccc2OC(C)C)cc1. The predicted octanol–water partition coefficient (Wildman–Crippen LogP) is 4.90. The number of para-hydroxylation sites is 1. The fraction of sp³-hybridized carbons (Fsp3) is 0.350. The van der Waals surface area contributed by atoms with E-state index >= 15 is 0 Å². The third-order valence-electron chi connectivity index (χ3n) is 3.52. The number of hydrogen-bond acceptors (Lipinski definition) is 3.